The van der Waals surface area contributed by atoms with Crippen molar-refractivity contribution in [1.82, 2.24) is 5.32 Å². The predicted molar refractivity (Wildman–Crippen MR) is 102 cm³/mol. The second-order valence-corrected chi connectivity index (χ2v) is 6.07. The first-order valence-corrected chi connectivity index (χ1v) is 8.52. The maximum atomic E-state index is 14.4. The van der Waals surface area contributed by atoms with Crippen molar-refractivity contribution in [3.63, 3.8) is 0 Å². The number of carbonyl (C=O) groups excluding carboxylic acids is 1. The zero-order valence-corrected chi connectivity index (χ0v) is 14.5. The summed E-state index contributed by atoms with van der Waals surface area (Å²) >= 11 is 0. The zero-order chi connectivity index (χ0) is 19.2. The van der Waals surface area contributed by atoms with Gasteiger partial charge >= 0.3 is 0 Å². The Labute approximate surface area is 155 Å². The molecule has 27 heavy (non-hydrogen) atoms. The topological polar surface area (TPSA) is 87.5 Å². The highest BCUT2D eigenvalue weighted by molar-refractivity contribution is 6.02. The van der Waals surface area contributed by atoms with Crippen LogP contribution in [-0.4, -0.2) is 37.0 Å². The number of nitrogens with one attached hydrogen (secondary N) is 2. The lowest BCUT2D eigenvalue weighted by Gasteiger charge is -2.29. The van der Waals surface area contributed by atoms with E-state index < -0.39 is 10.8 Å². The molecule has 2 aromatic rings. The maximum Gasteiger partial charge on any atom is 0.269 e. The summed E-state index contributed by atoms with van der Waals surface area (Å²) in [4.78, 5) is 24.1. The van der Waals surface area contributed by atoms with Crippen LogP contribution in [-0.2, 0) is 4.79 Å². The van der Waals surface area contributed by atoms with E-state index in [9.17, 15) is 19.3 Å². The number of nitro benzene ring substituents is 1. The van der Waals surface area contributed by atoms with Gasteiger partial charge in [-0.1, -0.05) is 0 Å². The second kappa shape index (κ2) is 8.41. The average Bonchev–Trinajstić information content (AvgIpc) is 2.67. The molecule has 0 atom stereocenters. The number of nitro groups is 1. The second-order valence-electron chi connectivity index (χ2n) is 6.07. The lowest BCUT2D eigenvalue weighted by Crippen LogP contribution is -2.43. The highest BCUT2D eigenvalue weighted by Crippen LogP contribution is 2.23. The molecule has 0 aromatic heterocycles. The Morgan fingerprint density at radius 2 is 1.89 bits per heavy atom. The lowest BCUT2D eigenvalue weighted by molar-refractivity contribution is -0.384. The van der Waals surface area contributed by atoms with Crippen molar-refractivity contribution in [2.75, 3.05) is 36.4 Å². The Bertz CT molecular complexity index is 862. The Morgan fingerprint density at radius 3 is 2.52 bits per heavy atom. The van der Waals surface area contributed by atoms with Crippen molar-refractivity contribution in [2.45, 2.75) is 0 Å². The number of carbonyl (C=O) groups is 1. The lowest BCUT2D eigenvalue weighted by atomic mass is 10.2. The fourth-order valence-corrected chi connectivity index (χ4v) is 2.81. The van der Waals surface area contributed by atoms with Gasteiger partial charge in [-0.15, -0.1) is 0 Å². The minimum absolute atomic E-state index is 0.0170. The zero-order valence-electron chi connectivity index (χ0n) is 14.5. The number of anilines is 2. The Kier molecular flexibility index (Phi) is 5.77. The molecule has 8 heteroatoms. The number of halogens is 1. The molecule has 0 bridgehead atoms. The van der Waals surface area contributed by atoms with Crippen LogP contribution in [0.4, 0.5) is 21.5 Å². The third-order valence-corrected chi connectivity index (χ3v) is 4.20. The number of rotatable bonds is 5. The molecule has 140 valence electrons. The number of non-ortho nitro benzene ring substituents is 1. The fourth-order valence-electron chi connectivity index (χ4n) is 2.81. The summed E-state index contributed by atoms with van der Waals surface area (Å²) in [6.45, 7) is 3.10. The Hall–Kier alpha value is -3.26. The SMILES string of the molecule is O=C(/C=C/c1ccc([N+](=O)[O-])cc1)Nc1ccc(N2CCNCC2)c(F)c1. The molecule has 0 saturated carbocycles. The minimum atomic E-state index is -0.487. The summed E-state index contributed by atoms with van der Waals surface area (Å²) in [5.74, 6) is -0.795. The number of hydrogen-bond acceptors (Lipinski definition) is 5. The summed E-state index contributed by atoms with van der Waals surface area (Å²) in [6.07, 6.45) is 2.83. The monoisotopic (exact) mass is 370 g/mol. The van der Waals surface area contributed by atoms with E-state index in [1.165, 1.54) is 30.4 Å². The molecule has 1 saturated heterocycles. The Morgan fingerprint density at radius 1 is 1.19 bits per heavy atom. The molecule has 2 N–H and O–H groups in total. The van der Waals surface area contributed by atoms with Crippen molar-refractivity contribution in [1.29, 1.82) is 0 Å². The van der Waals surface area contributed by atoms with Crippen molar-refractivity contribution >= 4 is 29.0 Å². The molecule has 0 radical (unpaired) electrons. The smallest absolute Gasteiger partial charge is 0.269 e. The van der Waals surface area contributed by atoms with Crippen LogP contribution in [0.2, 0.25) is 0 Å². The molecule has 1 aliphatic heterocycles. The summed E-state index contributed by atoms with van der Waals surface area (Å²) in [5, 5.41) is 16.4. The van der Waals surface area contributed by atoms with Gasteiger partial charge in [0, 0.05) is 50.1 Å². The Balaban J connectivity index is 1.61. The summed E-state index contributed by atoms with van der Waals surface area (Å²) in [6, 6.07) is 10.4. The molecule has 1 heterocycles. The molecule has 1 fully saturated rings. The van der Waals surface area contributed by atoms with Crippen molar-refractivity contribution in [3.05, 3.63) is 70.0 Å². The molecule has 0 spiro atoms. The average molecular weight is 370 g/mol. The van der Waals surface area contributed by atoms with Crippen LogP contribution in [0, 0.1) is 15.9 Å². The van der Waals surface area contributed by atoms with Crippen LogP contribution in [0.3, 0.4) is 0 Å². The van der Waals surface area contributed by atoms with Crippen molar-refractivity contribution in [3.8, 4) is 0 Å². The molecular formula is C19H19FN4O3. The number of piperazine rings is 1. The molecule has 3 rings (SSSR count). The summed E-state index contributed by atoms with van der Waals surface area (Å²) in [7, 11) is 0. The number of benzene rings is 2. The van der Waals surface area contributed by atoms with E-state index in [2.05, 4.69) is 10.6 Å². The van der Waals surface area contributed by atoms with Gasteiger partial charge in [0.1, 0.15) is 5.82 Å². The predicted octanol–water partition coefficient (Wildman–Crippen LogP) is 2.80. The molecule has 0 aliphatic carbocycles. The third kappa shape index (κ3) is 4.89. The third-order valence-electron chi connectivity index (χ3n) is 4.20. The van der Waals surface area contributed by atoms with E-state index >= 15 is 0 Å². The van der Waals surface area contributed by atoms with E-state index in [-0.39, 0.29) is 11.5 Å². The largest absolute Gasteiger partial charge is 0.367 e. The molecule has 2 aromatic carbocycles. The van der Waals surface area contributed by atoms with Gasteiger partial charge in [0.15, 0.2) is 0 Å². The highest BCUT2D eigenvalue weighted by atomic mass is 19.1. The van der Waals surface area contributed by atoms with E-state index in [0.29, 0.717) is 16.9 Å². The first-order valence-electron chi connectivity index (χ1n) is 8.52. The number of hydrogen-bond donors (Lipinski definition) is 2. The van der Waals surface area contributed by atoms with Gasteiger partial charge in [0.2, 0.25) is 5.91 Å². The first kappa shape index (κ1) is 18.5. The van der Waals surface area contributed by atoms with Crippen LogP contribution < -0.4 is 15.5 Å². The van der Waals surface area contributed by atoms with Gasteiger partial charge in [-0.3, -0.25) is 14.9 Å². The van der Waals surface area contributed by atoms with E-state index in [0.717, 1.165) is 26.2 Å². The standard InChI is InChI=1S/C19H19FN4O3/c20-17-13-15(4-7-18(17)23-11-9-21-10-12-23)22-19(25)8-3-14-1-5-16(6-2-14)24(26)27/h1-8,13,21H,9-12H2,(H,22,25)/b8-3+. The van der Waals surface area contributed by atoms with Crippen LogP contribution in [0.5, 0.6) is 0 Å². The molecule has 1 aliphatic rings. The fraction of sp³-hybridized carbons (Fsp3) is 0.211. The van der Waals surface area contributed by atoms with Crippen LogP contribution in [0.25, 0.3) is 6.08 Å². The van der Waals surface area contributed by atoms with Gasteiger partial charge in [-0.25, -0.2) is 4.39 Å². The van der Waals surface area contributed by atoms with Crippen molar-refractivity contribution in [2.24, 2.45) is 0 Å². The molecular weight excluding hydrogens is 351 g/mol. The van der Waals surface area contributed by atoms with Crippen LogP contribution in [0.1, 0.15) is 5.56 Å². The number of nitrogens with zero attached hydrogens (tertiary/aromatic N) is 2. The van der Waals surface area contributed by atoms with E-state index in [1.807, 2.05) is 4.90 Å². The van der Waals surface area contributed by atoms with Crippen LogP contribution in [0.15, 0.2) is 48.5 Å². The van der Waals surface area contributed by atoms with Crippen LogP contribution >= 0.6 is 0 Å². The highest BCUT2D eigenvalue weighted by Gasteiger charge is 2.15. The quantitative estimate of drug-likeness (QED) is 0.480. The summed E-state index contributed by atoms with van der Waals surface area (Å²) < 4.78 is 14.4. The van der Waals surface area contributed by atoms with E-state index in [4.69, 9.17) is 0 Å². The normalized spacial score (nSPS) is 14.3. The summed E-state index contributed by atoms with van der Waals surface area (Å²) in [5.41, 5.74) is 1.52. The van der Waals surface area contributed by atoms with Gasteiger partial charge in [-0.2, -0.15) is 0 Å². The van der Waals surface area contributed by atoms with Gasteiger partial charge < -0.3 is 15.5 Å². The first-order chi connectivity index (χ1) is 13.0. The molecule has 1 amide bonds. The molecule has 0 unspecified atom stereocenters. The van der Waals surface area contributed by atoms with Crippen molar-refractivity contribution < 1.29 is 14.1 Å². The minimum Gasteiger partial charge on any atom is -0.367 e. The van der Waals surface area contributed by atoms with Gasteiger partial charge in [0.05, 0.1) is 10.6 Å². The van der Waals surface area contributed by atoms with E-state index in [1.54, 1.807) is 24.3 Å². The maximum absolute atomic E-state index is 14.4. The number of amides is 1. The molecule has 7 nitrogen and oxygen atoms in total. The van der Waals surface area contributed by atoms with Gasteiger partial charge in [-0.05, 0) is 42.0 Å². The van der Waals surface area contributed by atoms with Gasteiger partial charge in [0.25, 0.3) is 5.69 Å².